The zero-order valence-electron chi connectivity index (χ0n) is 9.08. The fourth-order valence-corrected chi connectivity index (χ4v) is 2.23. The minimum atomic E-state index is 0.178. The second-order valence-electron chi connectivity index (χ2n) is 3.95. The van der Waals surface area contributed by atoms with E-state index in [1.807, 2.05) is 28.1 Å². The SMILES string of the molecule is O=C(C1=CC=C/C(=C\Br)C1)N1CCNCC1. The van der Waals surface area contributed by atoms with Crippen molar-refractivity contribution in [3.05, 3.63) is 34.4 Å². The van der Waals surface area contributed by atoms with Crippen LogP contribution in [0.15, 0.2) is 34.4 Å². The van der Waals surface area contributed by atoms with Crippen LogP contribution in [0.3, 0.4) is 0 Å². The second-order valence-corrected chi connectivity index (χ2v) is 4.41. The number of nitrogens with one attached hydrogen (secondary N) is 1. The van der Waals surface area contributed by atoms with E-state index in [0.29, 0.717) is 0 Å². The smallest absolute Gasteiger partial charge is 0.250 e. The number of carbonyl (C=O) groups is 1. The molecular formula is C12H15BrN2O. The molecular weight excluding hydrogens is 268 g/mol. The Morgan fingerprint density at radius 2 is 2.19 bits per heavy atom. The summed E-state index contributed by atoms with van der Waals surface area (Å²) >= 11 is 3.31. The van der Waals surface area contributed by atoms with E-state index in [2.05, 4.69) is 21.2 Å². The number of carbonyl (C=O) groups excluding carboxylic acids is 1. The molecule has 0 unspecified atom stereocenters. The standard InChI is InChI=1S/C12H15BrN2O/c13-9-10-2-1-3-11(8-10)12(16)15-6-4-14-5-7-15/h1-3,9,14H,4-8H2/b10-9+. The fourth-order valence-electron chi connectivity index (χ4n) is 1.92. The lowest BCUT2D eigenvalue weighted by Crippen LogP contribution is -2.47. The summed E-state index contributed by atoms with van der Waals surface area (Å²) in [5.74, 6) is 0.178. The summed E-state index contributed by atoms with van der Waals surface area (Å²) in [6, 6.07) is 0. The third kappa shape index (κ3) is 2.62. The monoisotopic (exact) mass is 282 g/mol. The molecule has 0 atom stereocenters. The van der Waals surface area contributed by atoms with Crippen LogP contribution in [0.25, 0.3) is 0 Å². The number of nitrogens with zero attached hydrogens (tertiary/aromatic N) is 1. The highest BCUT2D eigenvalue weighted by Crippen LogP contribution is 2.20. The lowest BCUT2D eigenvalue weighted by Gasteiger charge is -2.28. The first-order chi connectivity index (χ1) is 7.81. The molecule has 0 aromatic carbocycles. The third-order valence-electron chi connectivity index (χ3n) is 2.82. The molecule has 2 aliphatic rings. The van der Waals surface area contributed by atoms with Crippen LogP contribution in [-0.2, 0) is 4.79 Å². The number of halogens is 1. The van der Waals surface area contributed by atoms with Gasteiger partial charge in [0.05, 0.1) is 0 Å². The molecule has 1 saturated heterocycles. The van der Waals surface area contributed by atoms with E-state index >= 15 is 0 Å². The van der Waals surface area contributed by atoms with E-state index in [4.69, 9.17) is 0 Å². The van der Waals surface area contributed by atoms with E-state index in [1.165, 1.54) is 0 Å². The first-order valence-electron chi connectivity index (χ1n) is 5.48. The van der Waals surface area contributed by atoms with Gasteiger partial charge in [0.15, 0.2) is 0 Å². The van der Waals surface area contributed by atoms with Crippen LogP contribution in [0.2, 0.25) is 0 Å². The van der Waals surface area contributed by atoms with Crippen molar-refractivity contribution < 1.29 is 4.79 Å². The van der Waals surface area contributed by atoms with E-state index in [0.717, 1.165) is 43.7 Å². The van der Waals surface area contributed by atoms with Crippen LogP contribution in [0.5, 0.6) is 0 Å². The average Bonchev–Trinajstić information content (AvgIpc) is 2.39. The van der Waals surface area contributed by atoms with Gasteiger partial charge in [0.25, 0.3) is 0 Å². The minimum absolute atomic E-state index is 0.178. The van der Waals surface area contributed by atoms with Crippen LogP contribution < -0.4 is 5.32 Å². The summed E-state index contributed by atoms with van der Waals surface area (Å²) in [5, 5.41) is 3.25. The Bertz CT molecular complexity index is 365. The Labute approximate surface area is 104 Å². The van der Waals surface area contributed by atoms with Crippen molar-refractivity contribution in [1.29, 1.82) is 0 Å². The Kier molecular flexibility index (Phi) is 3.96. The van der Waals surface area contributed by atoms with Crippen LogP contribution in [0.4, 0.5) is 0 Å². The first-order valence-corrected chi connectivity index (χ1v) is 6.39. The Balaban J connectivity index is 2.04. The van der Waals surface area contributed by atoms with Crippen molar-refractivity contribution in [2.45, 2.75) is 6.42 Å². The topological polar surface area (TPSA) is 32.3 Å². The third-order valence-corrected chi connectivity index (χ3v) is 3.41. The van der Waals surface area contributed by atoms with E-state index in [-0.39, 0.29) is 5.91 Å². The molecule has 1 aliphatic heterocycles. The van der Waals surface area contributed by atoms with Gasteiger partial charge in [-0.05, 0) is 10.6 Å². The lowest BCUT2D eigenvalue weighted by atomic mass is 10.00. The molecule has 0 bridgehead atoms. The summed E-state index contributed by atoms with van der Waals surface area (Å²) in [6.45, 7) is 3.42. The van der Waals surface area contributed by atoms with Gasteiger partial charge in [-0.1, -0.05) is 34.2 Å². The van der Waals surface area contributed by atoms with Gasteiger partial charge in [0, 0.05) is 38.2 Å². The molecule has 0 saturated carbocycles. The summed E-state index contributed by atoms with van der Waals surface area (Å²) in [5.41, 5.74) is 2.02. The fraction of sp³-hybridized carbons (Fsp3) is 0.417. The second kappa shape index (κ2) is 5.46. The maximum Gasteiger partial charge on any atom is 0.250 e. The van der Waals surface area contributed by atoms with Crippen molar-refractivity contribution in [3.8, 4) is 0 Å². The van der Waals surface area contributed by atoms with Gasteiger partial charge in [-0.15, -0.1) is 0 Å². The Hall–Kier alpha value is -0.870. The Morgan fingerprint density at radius 1 is 1.44 bits per heavy atom. The van der Waals surface area contributed by atoms with Gasteiger partial charge < -0.3 is 10.2 Å². The van der Waals surface area contributed by atoms with Crippen LogP contribution in [-0.4, -0.2) is 37.0 Å². The van der Waals surface area contributed by atoms with Gasteiger partial charge in [0.2, 0.25) is 5.91 Å². The maximum atomic E-state index is 12.2. The normalized spacial score (nSPS) is 23.4. The largest absolute Gasteiger partial charge is 0.336 e. The number of piperazine rings is 1. The molecule has 3 nitrogen and oxygen atoms in total. The summed E-state index contributed by atoms with van der Waals surface area (Å²) in [7, 11) is 0. The number of allylic oxidation sites excluding steroid dienone is 4. The highest BCUT2D eigenvalue weighted by atomic mass is 79.9. The lowest BCUT2D eigenvalue weighted by molar-refractivity contribution is -0.127. The van der Waals surface area contributed by atoms with Crippen molar-refractivity contribution in [3.63, 3.8) is 0 Å². The predicted octanol–water partition coefficient (Wildman–Crippen LogP) is 1.58. The van der Waals surface area contributed by atoms with Crippen molar-refractivity contribution in [1.82, 2.24) is 10.2 Å². The summed E-state index contributed by atoms with van der Waals surface area (Å²) in [6.07, 6.45) is 6.60. The van der Waals surface area contributed by atoms with Crippen molar-refractivity contribution >= 4 is 21.8 Å². The van der Waals surface area contributed by atoms with Gasteiger partial charge in [-0.25, -0.2) is 0 Å². The molecule has 4 heteroatoms. The zero-order chi connectivity index (χ0) is 11.4. The molecule has 16 heavy (non-hydrogen) atoms. The van der Waals surface area contributed by atoms with Crippen LogP contribution in [0, 0.1) is 0 Å². The molecule has 86 valence electrons. The molecule has 0 radical (unpaired) electrons. The quantitative estimate of drug-likeness (QED) is 0.792. The average molecular weight is 283 g/mol. The van der Waals surface area contributed by atoms with Gasteiger partial charge in [-0.3, -0.25) is 4.79 Å². The molecule has 1 N–H and O–H groups in total. The molecule has 1 heterocycles. The van der Waals surface area contributed by atoms with Crippen LogP contribution in [0.1, 0.15) is 6.42 Å². The van der Waals surface area contributed by atoms with Gasteiger partial charge in [-0.2, -0.15) is 0 Å². The van der Waals surface area contributed by atoms with E-state index < -0.39 is 0 Å². The van der Waals surface area contributed by atoms with E-state index in [1.54, 1.807) is 0 Å². The maximum absolute atomic E-state index is 12.2. The number of rotatable bonds is 1. The molecule has 0 aromatic rings. The van der Waals surface area contributed by atoms with Gasteiger partial charge in [0.1, 0.15) is 0 Å². The molecule has 2 rings (SSSR count). The highest BCUT2D eigenvalue weighted by molar-refractivity contribution is 9.11. The van der Waals surface area contributed by atoms with Crippen LogP contribution >= 0.6 is 15.9 Å². The van der Waals surface area contributed by atoms with Gasteiger partial charge >= 0.3 is 0 Å². The minimum Gasteiger partial charge on any atom is -0.336 e. The molecule has 1 amide bonds. The molecule has 0 spiro atoms. The Morgan fingerprint density at radius 3 is 2.88 bits per heavy atom. The molecule has 0 aromatic heterocycles. The predicted molar refractivity (Wildman–Crippen MR) is 68.3 cm³/mol. The van der Waals surface area contributed by atoms with Crippen molar-refractivity contribution in [2.75, 3.05) is 26.2 Å². The number of hydrogen-bond acceptors (Lipinski definition) is 2. The van der Waals surface area contributed by atoms with Crippen molar-refractivity contribution in [2.24, 2.45) is 0 Å². The van der Waals surface area contributed by atoms with E-state index in [9.17, 15) is 4.79 Å². The molecule has 1 fully saturated rings. The summed E-state index contributed by atoms with van der Waals surface area (Å²) < 4.78 is 0. The number of hydrogen-bond donors (Lipinski definition) is 1. The number of amides is 1. The molecule has 1 aliphatic carbocycles. The first kappa shape index (κ1) is 11.6. The summed E-state index contributed by atoms with van der Waals surface area (Å²) in [4.78, 5) is 16.0. The zero-order valence-corrected chi connectivity index (χ0v) is 10.7. The highest BCUT2D eigenvalue weighted by Gasteiger charge is 2.20.